The van der Waals surface area contributed by atoms with E-state index in [-0.39, 0.29) is 0 Å². The molecule has 6 nitrogen and oxygen atoms in total. The van der Waals surface area contributed by atoms with E-state index >= 15 is 0 Å². The molecular weight excluding hydrogens is 366 g/mol. The number of hydrogen-bond donors (Lipinski definition) is 0. The molecule has 1 aliphatic rings. The van der Waals surface area contributed by atoms with Gasteiger partial charge in [-0.15, -0.1) is 0 Å². The summed E-state index contributed by atoms with van der Waals surface area (Å²) in [5, 5.41) is 1.08. The van der Waals surface area contributed by atoms with Gasteiger partial charge >= 0.3 is 0 Å². The van der Waals surface area contributed by atoms with Crippen molar-refractivity contribution in [1.29, 1.82) is 0 Å². The van der Waals surface area contributed by atoms with Crippen molar-refractivity contribution in [2.45, 2.75) is 19.8 Å². The van der Waals surface area contributed by atoms with E-state index in [1.165, 1.54) is 12.8 Å². The number of anilines is 1. The Bertz CT molecular complexity index is 996. The molecule has 3 aromatic rings. The largest absolute Gasteiger partial charge is 0.493 e. The molecule has 6 heteroatoms. The normalized spacial score (nSPS) is 16.7. The van der Waals surface area contributed by atoms with Gasteiger partial charge < -0.3 is 19.1 Å². The van der Waals surface area contributed by atoms with Gasteiger partial charge in [0.1, 0.15) is 5.82 Å². The zero-order valence-corrected chi connectivity index (χ0v) is 17.4. The molecule has 152 valence electrons. The van der Waals surface area contributed by atoms with Crippen LogP contribution in [0.1, 0.15) is 19.8 Å². The zero-order chi connectivity index (χ0) is 20.4. The van der Waals surface area contributed by atoms with Gasteiger partial charge in [-0.05, 0) is 43.0 Å². The standard InChI is InChI=1S/C23H27N3O3/c1-15-8-7-11-26(14-15)23-17-9-5-6-10-18(17)24-22(25-23)16-12-19(27-2)21(29-4)20(13-16)28-3/h5-6,9-10,12-13,15H,7-8,11,14H2,1-4H3. The maximum Gasteiger partial charge on any atom is 0.203 e. The van der Waals surface area contributed by atoms with E-state index in [2.05, 4.69) is 17.9 Å². The monoisotopic (exact) mass is 393 g/mol. The minimum atomic E-state index is 0.560. The van der Waals surface area contributed by atoms with Crippen LogP contribution < -0.4 is 19.1 Å². The molecule has 4 rings (SSSR count). The Morgan fingerprint density at radius 2 is 1.69 bits per heavy atom. The molecule has 1 aliphatic heterocycles. The molecule has 0 bridgehead atoms. The fourth-order valence-corrected chi connectivity index (χ4v) is 4.02. The van der Waals surface area contributed by atoms with E-state index in [4.69, 9.17) is 24.2 Å². The Labute approximate surface area is 171 Å². The Balaban J connectivity index is 1.89. The first-order chi connectivity index (χ1) is 14.1. The van der Waals surface area contributed by atoms with Crippen molar-refractivity contribution in [3.05, 3.63) is 36.4 Å². The average Bonchev–Trinajstić information content (AvgIpc) is 2.77. The van der Waals surface area contributed by atoms with Gasteiger partial charge in [-0.1, -0.05) is 19.1 Å². The molecule has 0 aliphatic carbocycles. The van der Waals surface area contributed by atoms with Crippen molar-refractivity contribution in [2.24, 2.45) is 5.92 Å². The smallest absolute Gasteiger partial charge is 0.203 e. The molecule has 0 radical (unpaired) electrons. The number of nitrogens with zero attached hydrogens (tertiary/aromatic N) is 3. The highest BCUT2D eigenvalue weighted by molar-refractivity contribution is 5.91. The van der Waals surface area contributed by atoms with E-state index < -0.39 is 0 Å². The molecular formula is C23H27N3O3. The molecule has 1 atom stereocenters. The molecule has 0 N–H and O–H groups in total. The molecule has 0 amide bonds. The van der Waals surface area contributed by atoms with Gasteiger partial charge in [0.25, 0.3) is 0 Å². The molecule has 29 heavy (non-hydrogen) atoms. The lowest BCUT2D eigenvalue weighted by Crippen LogP contribution is -2.35. The minimum Gasteiger partial charge on any atom is -0.493 e. The van der Waals surface area contributed by atoms with Crippen LogP contribution in [-0.2, 0) is 0 Å². The van der Waals surface area contributed by atoms with Crippen LogP contribution in [0.4, 0.5) is 5.82 Å². The van der Waals surface area contributed by atoms with Crippen LogP contribution in [0, 0.1) is 5.92 Å². The summed E-state index contributed by atoms with van der Waals surface area (Å²) >= 11 is 0. The third-order valence-corrected chi connectivity index (χ3v) is 5.46. The Kier molecular flexibility index (Phi) is 5.43. The number of benzene rings is 2. The van der Waals surface area contributed by atoms with Gasteiger partial charge in [0.05, 0.1) is 26.8 Å². The number of aromatic nitrogens is 2. The summed E-state index contributed by atoms with van der Waals surface area (Å²) in [4.78, 5) is 12.2. The van der Waals surface area contributed by atoms with E-state index in [9.17, 15) is 0 Å². The number of para-hydroxylation sites is 1. The summed E-state index contributed by atoms with van der Waals surface area (Å²) in [6.45, 7) is 4.32. The lowest BCUT2D eigenvalue weighted by molar-refractivity contribution is 0.324. The van der Waals surface area contributed by atoms with Gasteiger partial charge in [0.15, 0.2) is 17.3 Å². The molecule has 2 heterocycles. The zero-order valence-electron chi connectivity index (χ0n) is 17.4. The second-order valence-corrected chi connectivity index (χ2v) is 7.50. The number of rotatable bonds is 5. The summed E-state index contributed by atoms with van der Waals surface area (Å²) in [5.41, 5.74) is 1.76. The predicted molar refractivity (Wildman–Crippen MR) is 115 cm³/mol. The van der Waals surface area contributed by atoms with E-state index in [1.807, 2.05) is 30.3 Å². The molecule has 0 saturated carbocycles. The van der Waals surface area contributed by atoms with Crippen LogP contribution in [0.5, 0.6) is 17.2 Å². The summed E-state index contributed by atoms with van der Waals surface area (Å²) in [6, 6.07) is 12.0. The summed E-state index contributed by atoms with van der Waals surface area (Å²) < 4.78 is 16.5. The van der Waals surface area contributed by atoms with Crippen LogP contribution in [0.2, 0.25) is 0 Å². The van der Waals surface area contributed by atoms with Crippen molar-refractivity contribution in [3.63, 3.8) is 0 Å². The van der Waals surface area contributed by atoms with Crippen LogP contribution in [0.25, 0.3) is 22.3 Å². The van der Waals surface area contributed by atoms with E-state index in [0.717, 1.165) is 35.4 Å². The first-order valence-corrected chi connectivity index (χ1v) is 9.96. The molecule has 1 aromatic heterocycles. The van der Waals surface area contributed by atoms with Crippen LogP contribution in [0.3, 0.4) is 0 Å². The first kappa shape index (κ1) is 19.3. The number of ether oxygens (including phenoxy) is 3. The summed E-state index contributed by atoms with van der Waals surface area (Å²) in [6.07, 6.45) is 2.44. The van der Waals surface area contributed by atoms with Gasteiger partial charge in [-0.3, -0.25) is 0 Å². The topological polar surface area (TPSA) is 56.7 Å². The Morgan fingerprint density at radius 3 is 2.34 bits per heavy atom. The maximum absolute atomic E-state index is 5.52. The first-order valence-electron chi connectivity index (χ1n) is 9.96. The van der Waals surface area contributed by atoms with Crippen LogP contribution in [0.15, 0.2) is 36.4 Å². The molecule has 1 fully saturated rings. The quantitative estimate of drug-likeness (QED) is 0.633. The molecule has 1 saturated heterocycles. The fourth-order valence-electron chi connectivity index (χ4n) is 4.02. The maximum atomic E-state index is 5.52. The van der Waals surface area contributed by atoms with Gasteiger partial charge in [0.2, 0.25) is 5.75 Å². The van der Waals surface area contributed by atoms with Crippen molar-refractivity contribution < 1.29 is 14.2 Å². The van der Waals surface area contributed by atoms with Crippen molar-refractivity contribution in [1.82, 2.24) is 9.97 Å². The lowest BCUT2D eigenvalue weighted by Gasteiger charge is -2.32. The number of hydrogen-bond acceptors (Lipinski definition) is 6. The predicted octanol–water partition coefficient (Wildman–Crippen LogP) is 4.56. The highest BCUT2D eigenvalue weighted by Crippen LogP contribution is 2.41. The summed E-state index contributed by atoms with van der Waals surface area (Å²) in [7, 11) is 4.83. The number of methoxy groups -OCH3 is 3. The van der Waals surface area contributed by atoms with Gasteiger partial charge in [-0.25, -0.2) is 9.97 Å². The highest BCUT2D eigenvalue weighted by atomic mass is 16.5. The fraction of sp³-hybridized carbons (Fsp3) is 0.391. The van der Waals surface area contributed by atoms with Crippen molar-refractivity contribution in [2.75, 3.05) is 39.3 Å². The Morgan fingerprint density at radius 1 is 0.966 bits per heavy atom. The minimum absolute atomic E-state index is 0.560. The van der Waals surface area contributed by atoms with Gasteiger partial charge in [-0.2, -0.15) is 0 Å². The molecule has 0 spiro atoms. The highest BCUT2D eigenvalue weighted by Gasteiger charge is 2.22. The van der Waals surface area contributed by atoms with Gasteiger partial charge in [0, 0.05) is 24.0 Å². The van der Waals surface area contributed by atoms with Crippen molar-refractivity contribution in [3.8, 4) is 28.6 Å². The second-order valence-electron chi connectivity index (χ2n) is 7.50. The summed E-state index contributed by atoms with van der Waals surface area (Å²) in [5.74, 6) is 4.03. The SMILES string of the molecule is COc1cc(-c2nc(N3CCCC(C)C3)c3ccccc3n2)cc(OC)c1OC. The van der Waals surface area contributed by atoms with Crippen LogP contribution >= 0.6 is 0 Å². The third kappa shape index (κ3) is 3.67. The lowest BCUT2D eigenvalue weighted by atomic mass is 10.00. The van der Waals surface area contributed by atoms with E-state index in [1.54, 1.807) is 21.3 Å². The average molecular weight is 393 g/mol. The van der Waals surface area contributed by atoms with Crippen molar-refractivity contribution >= 4 is 16.7 Å². The number of piperidine rings is 1. The molecule has 2 aromatic carbocycles. The molecule has 1 unspecified atom stereocenters. The number of fused-ring (bicyclic) bond motifs is 1. The van der Waals surface area contributed by atoms with Crippen LogP contribution in [-0.4, -0.2) is 44.4 Å². The second kappa shape index (κ2) is 8.15. The van der Waals surface area contributed by atoms with E-state index in [0.29, 0.717) is 29.0 Å². The Hall–Kier alpha value is -3.02. The third-order valence-electron chi connectivity index (χ3n) is 5.46.